The van der Waals surface area contributed by atoms with Gasteiger partial charge in [0.25, 0.3) is 5.69 Å². The molecule has 1 saturated heterocycles. The summed E-state index contributed by atoms with van der Waals surface area (Å²) in [5.41, 5.74) is 2.49. The first-order chi connectivity index (χ1) is 15.9. The Balaban J connectivity index is 1.32. The minimum absolute atomic E-state index is 0.0739. The van der Waals surface area contributed by atoms with E-state index in [4.69, 9.17) is 0 Å². The Kier molecular flexibility index (Phi) is 6.68. The molecule has 3 aromatic rings. The summed E-state index contributed by atoms with van der Waals surface area (Å²) in [4.78, 5) is 33.9. The average Bonchev–Trinajstić information content (AvgIpc) is 3.28. The molecule has 2 aromatic carbocycles. The molecule has 0 unspecified atom stereocenters. The second kappa shape index (κ2) is 9.82. The van der Waals surface area contributed by atoms with Gasteiger partial charge in [-0.25, -0.2) is 9.78 Å². The van der Waals surface area contributed by atoms with Gasteiger partial charge < -0.3 is 20.0 Å². The molecule has 0 saturated carbocycles. The normalized spacial score (nSPS) is 13.6. The van der Waals surface area contributed by atoms with Crippen molar-refractivity contribution in [3.63, 3.8) is 0 Å². The van der Waals surface area contributed by atoms with Crippen LogP contribution in [0.3, 0.4) is 0 Å². The fourth-order valence-electron chi connectivity index (χ4n) is 3.60. The summed E-state index contributed by atoms with van der Waals surface area (Å²) in [7, 11) is 3.94. The lowest BCUT2D eigenvalue weighted by Crippen LogP contribution is -2.50. The van der Waals surface area contributed by atoms with Crippen LogP contribution in [-0.4, -0.2) is 65.5 Å². The van der Waals surface area contributed by atoms with Crippen molar-refractivity contribution >= 4 is 39.8 Å². The third-order valence-corrected chi connectivity index (χ3v) is 6.28. The number of nitro groups is 1. The molecule has 0 aliphatic carbocycles. The van der Waals surface area contributed by atoms with Crippen molar-refractivity contribution in [3.8, 4) is 0 Å². The molecule has 10 nitrogen and oxygen atoms in total. The molecular formula is C22H25N7O3S. The maximum absolute atomic E-state index is 12.6. The summed E-state index contributed by atoms with van der Waals surface area (Å²) >= 11 is 1.28. The first-order valence-corrected chi connectivity index (χ1v) is 11.3. The van der Waals surface area contributed by atoms with Gasteiger partial charge >= 0.3 is 6.03 Å². The number of aromatic nitrogens is 2. The fraction of sp³-hybridized carbons (Fsp3) is 0.318. The van der Waals surface area contributed by atoms with Gasteiger partial charge in [0.1, 0.15) is 5.82 Å². The number of anilines is 3. The van der Waals surface area contributed by atoms with Crippen molar-refractivity contribution in [2.45, 2.75) is 6.42 Å². The summed E-state index contributed by atoms with van der Waals surface area (Å²) < 4.78 is 4.39. The molecule has 1 fully saturated rings. The van der Waals surface area contributed by atoms with Crippen LogP contribution < -0.4 is 15.1 Å². The number of amides is 2. The molecule has 4 rings (SSSR count). The number of hydrogen-bond donors (Lipinski definition) is 1. The molecule has 0 bridgehead atoms. The predicted molar refractivity (Wildman–Crippen MR) is 129 cm³/mol. The summed E-state index contributed by atoms with van der Waals surface area (Å²) in [5, 5.41) is 14.9. The summed E-state index contributed by atoms with van der Waals surface area (Å²) in [5.74, 6) is 0.561. The molecule has 2 heterocycles. The Labute approximate surface area is 195 Å². The van der Waals surface area contributed by atoms with Gasteiger partial charge in [-0.15, -0.1) is 0 Å². The Morgan fingerprint density at radius 3 is 2.48 bits per heavy atom. The van der Waals surface area contributed by atoms with Gasteiger partial charge in [-0.05, 0) is 24.3 Å². The van der Waals surface area contributed by atoms with Crippen LogP contribution in [0.1, 0.15) is 11.4 Å². The van der Waals surface area contributed by atoms with Crippen LogP contribution in [-0.2, 0) is 6.42 Å². The fourth-order valence-corrected chi connectivity index (χ4v) is 4.34. The van der Waals surface area contributed by atoms with Crippen molar-refractivity contribution in [1.29, 1.82) is 0 Å². The predicted octanol–water partition coefficient (Wildman–Crippen LogP) is 3.46. The second-order valence-electron chi connectivity index (χ2n) is 7.90. The van der Waals surface area contributed by atoms with Crippen molar-refractivity contribution in [2.75, 3.05) is 55.4 Å². The van der Waals surface area contributed by atoms with Crippen molar-refractivity contribution in [3.05, 3.63) is 70.0 Å². The molecule has 2 amide bonds. The highest BCUT2D eigenvalue weighted by Gasteiger charge is 2.24. The summed E-state index contributed by atoms with van der Waals surface area (Å²) in [6, 6.07) is 14.2. The highest BCUT2D eigenvalue weighted by molar-refractivity contribution is 7.09. The summed E-state index contributed by atoms with van der Waals surface area (Å²) in [6.07, 6.45) is 0.308. The maximum Gasteiger partial charge on any atom is 0.321 e. The van der Waals surface area contributed by atoms with E-state index in [0.29, 0.717) is 44.0 Å². The number of para-hydroxylation sites is 1. The molecule has 1 N–H and O–H groups in total. The van der Waals surface area contributed by atoms with Gasteiger partial charge in [0, 0.05) is 81.2 Å². The van der Waals surface area contributed by atoms with Gasteiger partial charge in [-0.2, -0.15) is 4.37 Å². The van der Waals surface area contributed by atoms with Crippen LogP contribution >= 0.6 is 11.5 Å². The number of piperazine rings is 1. The lowest BCUT2D eigenvalue weighted by Gasteiger charge is -2.34. The van der Waals surface area contributed by atoms with E-state index in [1.807, 2.05) is 43.3 Å². The molecule has 1 aliphatic heterocycles. The van der Waals surface area contributed by atoms with E-state index in [-0.39, 0.29) is 16.6 Å². The number of rotatable bonds is 6. The molecular weight excluding hydrogens is 442 g/mol. The molecule has 172 valence electrons. The van der Waals surface area contributed by atoms with Crippen molar-refractivity contribution in [2.24, 2.45) is 0 Å². The van der Waals surface area contributed by atoms with E-state index >= 15 is 0 Å². The van der Waals surface area contributed by atoms with Gasteiger partial charge in [0.15, 0.2) is 0 Å². The second-order valence-corrected chi connectivity index (χ2v) is 8.63. The lowest BCUT2D eigenvalue weighted by atomic mass is 10.1. The van der Waals surface area contributed by atoms with E-state index in [2.05, 4.69) is 19.6 Å². The monoisotopic (exact) mass is 467 g/mol. The number of nitro benzene ring substituents is 1. The first-order valence-electron chi connectivity index (χ1n) is 10.5. The van der Waals surface area contributed by atoms with Crippen LogP contribution in [0.25, 0.3) is 0 Å². The maximum atomic E-state index is 12.6. The van der Waals surface area contributed by atoms with Crippen LogP contribution in [0.2, 0.25) is 0 Å². The van der Waals surface area contributed by atoms with Gasteiger partial charge in [-0.3, -0.25) is 10.1 Å². The van der Waals surface area contributed by atoms with Crippen LogP contribution in [0.4, 0.5) is 27.0 Å². The van der Waals surface area contributed by atoms with Crippen LogP contribution in [0, 0.1) is 10.1 Å². The number of urea groups is 1. The lowest BCUT2D eigenvalue weighted by molar-refractivity contribution is -0.385. The highest BCUT2D eigenvalue weighted by atomic mass is 32.1. The Morgan fingerprint density at radius 2 is 1.82 bits per heavy atom. The minimum Gasteiger partial charge on any atom is -0.378 e. The van der Waals surface area contributed by atoms with E-state index in [0.717, 1.165) is 16.5 Å². The third-order valence-electron chi connectivity index (χ3n) is 5.47. The van der Waals surface area contributed by atoms with Gasteiger partial charge in [-0.1, -0.05) is 18.2 Å². The largest absolute Gasteiger partial charge is 0.378 e. The number of nitrogens with zero attached hydrogens (tertiary/aromatic N) is 6. The van der Waals surface area contributed by atoms with E-state index in [9.17, 15) is 14.9 Å². The standard InChI is InChI=1S/C22H25N7O3S/c1-26(2)18-9-7-17(8-10-18)23-21(30)27-11-13-28(14-12-27)22-24-20(25-33-22)15-16-5-3-4-6-19(16)29(31)32/h3-10H,11-15H2,1-2H3,(H,23,30). The molecule has 1 aromatic heterocycles. The number of nitrogens with one attached hydrogen (secondary N) is 1. The van der Waals surface area contributed by atoms with E-state index in [1.165, 1.54) is 17.6 Å². The quantitative estimate of drug-likeness (QED) is 0.437. The molecule has 0 atom stereocenters. The highest BCUT2D eigenvalue weighted by Crippen LogP contribution is 2.24. The molecule has 11 heteroatoms. The summed E-state index contributed by atoms with van der Waals surface area (Å²) in [6.45, 7) is 2.43. The average molecular weight is 468 g/mol. The third kappa shape index (κ3) is 5.37. The van der Waals surface area contributed by atoms with Crippen molar-refractivity contribution in [1.82, 2.24) is 14.3 Å². The Morgan fingerprint density at radius 1 is 1.12 bits per heavy atom. The Hall–Kier alpha value is -3.73. The van der Waals surface area contributed by atoms with Crippen LogP contribution in [0.15, 0.2) is 48.5 Å². The smallest absolute Gasteiger partial charge is 0.321 e. The minimum atomic E-state index is -0.385. The van der Waals surface area contributed by atoms with Gasteiger partial charge in [0.2, 0.25) is 5.13 Å². The van der Waals surface area contributed by atoms with Crippen molar-refractivity contribution < 1.29 is 9.72 Å². The van der Waals surface area contributed by atoms with Crippen LogP contribution in [0.5, 0.6) is 0 Å². The number of carbonyl (C=O) groups excluding carboxylic acids is 1. The zero-order valence-electron chi connectivity index (χ0n) is 18.5. The molecule has 0 radical (unpaired) electrons. The van der Waals surface area contributed by atoms with E-state index < -0.39 is 0 Å². The topological polar surface area (TPSA) is 108 Å². The van der Waals surface area contributed by atoms with E-state index in [1.54, 1.807) is 23.1 Å². The molecule has 1 aliphatic rings. The molecule has 33 heavy (non-hydrogen) atoms. The number of benzene rings is 2. The molecule has 0 spiro atoms. The SMILES string of the molecule is CN(C)c1ccc(NC(=O)N2CCN(c3nc(Cc4ccccc4[N+](=O)[O-])ns3)CC2)cc1. The number of carbonyl (C=O) groups is 1. The Bertz CT molecular complexity index is 1130. The zero-order valence-corrected chi connectivity index (χ0v) is 19.3. The van der Waals surface area contributed by atoms with Gasteiger partial charge in [0.05, 0.1) is 4.92 Å². The first kappa shape index (κ1) is 22.5. The zero-order chi connectivity index (χ0) is 23.4. The number of hydrogen-bond acceptors (Lipinski definition) is 8.